The number of hydrogen-bond acceptors (Lipinski definition) is 4. The van der Waals surface area contributed by atoms with Crippen molar-refractivity contribution in [3.8, 4) is 0 Å². The molecule has 28 heavy (non-hydrogen) atoms. The van der Waals surface area contributed by atoms with Gasteiger partial charge in [-0.2, -0.15) is 0 Å². The number of carbonyl (C=O) groups excluding carboxylic acids is 1. The molecule has 0 aliphatic carbocycles. The summed E-state index contributed by atoms with van der Waals surface area (Å²) in [5, 5.41) is 0. The second-order valence-electron chi connectivity index (χ2n) is 7.10. The number of Topliss-reactive ketones (excluding diaryl/α,β-unsaturated/α-hetero) is 1. The maximum absolute atomic E-state index is 12.9. The number of benzodiazepines with no additional fused rings is 1. The number of hydrogen-bond donors (Lipinski definition) is 1. The van der Waals surface area contributed by atoms with Crippen molar-refractivity contribution in [3.63, 3.8) is 0 Å². The van der Waals surface area contributed by atoms with Crippen LogP contribution in [-0.2, 0) is 0 Å². The number of carbonyl (C=O) groups is 1. The highest BCUT2D eigenvalue weighted by Gasteiger charge is 2.24. The Bertz CT molecular complexity index is 1010. The average molecular weight is 369 g/mol. The molecule has 0 bridgehead atoms. The lowest BCUT2D eigenvalue weighted by molar-refractivity contribution is 0.0999. The number of benzene rings is 3. The van der Waals surface area contributed by atoms with Crippen LogP contribution in [0.3, 0.4) is 0 Å². The molecule has 1 heterocycles. The molecule has 3 aromatic rings. The lowest BCUT2D eigenvalue weighted by Gasteiger charge is -2.25. The van der Waals surface area contributed by atoms with E-state index in [1.54, 1.807) is 0 Å². The van der Waals surface area contributed by atoms with Crippen molar-refractivity contribution in [2.45, 2.75) is 13.1 Å². The third kappa shape index (κ3) is 3.73. The highest BCUT2D eigenvalue weighted by molar-refractivity contribution is 6.16. The molecule has 0 saturated heterocycles. The van der Waals surface area contributed by atoms with Crippen LogP contribution in [0.4, 0.5) is 5.69 Å². The standard InChI is InChI=1S/C24H23N3O/c1-17-11-13-18(14-12-17)22(28)15-27-16-23(25)26-24(19-7-3-2-4-8-19)20-9-5-6-10-21(20)27/h2-14,23H,15-16,25H2,1H3. The number of rotatable bonds is 4. The zero-order chi connectivity index (χ0) is 19.5. The summed E-state index contributed by atoms with van der Waals surface area (Å²) >= 11 is 0. The van der Waals surface area contributed by atoms with E-state index in [9.17, 15) is 4.79 Å². The number of para-hydroxylation sites is 1. The van der Waals surface area contributed by atoms with E-state index in [0.29, 0.717) is 12.1 Å². The van der Waals surface area contributed by atoms with E-state index < -0.39 is 6.17 Å². The first kappa shape index (κ1) is 18.1. The van der Waals surface area contributed by atoms with E-state index in [4.69, 9.17) is 10.7 Å². The highest BCUT2D eigenvalue weighted by Crippen LogP contribution is 2.27. The van der Waals surface area contributed by atoms with Crippen molar-refractivity contribution in [2.75, 3.05) is 18.0 Å². The van der Waals surface area contributed by atoms with Crippen LogP contribution in [0.5, 0.6) is 0 Å². The first-order valence-corrected chi connectivity index (χ1v) is 9.45. The molecule has 1 unspecified atom stereocenters. The summed E-state index contributed by atoms with van der Waals surface area (Å²) in [6.07, 6.45) is -0.409. The van der Waals surface area contributed by atoms with E-state index in [1.807, 2.05) is 90.7 Å². The van der Waals surface area contributed by atoms with Gasteiger partial charge >= 0.3 is 0 Å². The maximum Gasteiger partial charge on any atom is 0.182 e. The number of anilines is 1. The molecule has 4 rings (SSSR count). The summed E-state index contributed by atoms with van der Waals surface area (Å²) in [6, 6.07) is 25.8. The van der Waals surface area contributed by atoms with Crippen molar-refractivity contribution in [1.82, 2.24) is 0 Å². The van der Waals surface area contributed by atoms with Gasteiger partial charge in [0, 0.05) is 22.4 Å². The second kappa shape index (κ2) is 7.79. The third-order valence-corrected chi connectivity index (χ3v) is 4.96. The van der Waals surface area contributed by atoms with Gasteiger partial charge in [-0.15, -0.1) is 0 Å². The molecule has 0 saturated carbocycles. The molecule has 2 N–H and O–H groups in total. The molecule has 0 fully saturated rings. The minimum atomic E-state index is -0.409. The van der Waals surface area contributed by atoms with Crippen LogP contribution in [0.1, 0.15) is 27.0 Å². The topological polar surface area (TPSA) is 58.7 Å². The summed E-state index contributed by atoms with van der Waals surface area (Å²) in [7, 11) is 0. The number of nitrogens with zero attached hydrogens (tertiary/aromatic N) is 2. The number of aliphatic imine (C=N–C) groups is 1. The molecule has 3 aromatic carbocycles. The lowest BCUT2D eigenvalue weighted by atomic mass is 10.00. The smallest absolute Gasteiger partial charge is 0.182 e. The van der Waals surface area contributed by atoms with Crippen LogP contribution in [0.2, 0.25) is 0 Å². The molecule has 0 aromatic heterocycles. The summed E-state index contributed by atoms with van der Waals surface area (Å²) in [5.74, 6) is 0.0742. The van der Waals surface area contributed by atoms with Gasteiger partial charge in [-0.1, -0.05) is 78.4 Å². The van der Waals surface area contributed by atoms with Gasteiger partial charge < -0.3 is 10.6 Å². The fraction of sp³-hybridized carbons (Fsp3) is 0.167. The van der Waals surface area contributed by atoms with Gasteiger partial charge in [-0.25, -0.2) is 0 Å². The monoisotopic (exact) mass is 369 g/mol. The Kier molecular flexibility index (Phi) is 5.04. The molecule has 0 radical (unpaired) electrons. The fourth-order valence-electron chi connectivity index (χ4n) is 3.53. The Morgan fingerprint density at radius 3 is 2.43 bits per heavy atom. The first-order chi connectivity index (χ1) is 13.6. The van der Waals surface area contributed by atoms with Crippen LogP contribution in [0, 0.1) is 6.92 Å². The van der Waals surface area contributed by atoms with Crippen molar-refractivity contribution in [2.24, 2.45) is 10.7 Å². The minimum Gasteiger partial charge on any atom is -0.360 e. The lowest BCUT2D eigenvalue weighted by Crippen LogP contribution is -2.38. The zero-order valence-corrected chi connectivity index (χ0v) is 15.9. The van der Waals surface area contributed by atoms with Crippen LogP contribution < -0.4 is 10.6 Å². The average Bonchev–Trinajstić information content (AvgIpc) is 2.86. The second-order valence-corrected chi connectivity index (χ2v) is 7.10. The van der Waals surface area contributed by atoms with Gasteiger partial charge in [0.2, 0.25) is 0 Å². The van der Waals surface area contributed by atoms with E-state index in [1.165, 1.54) is 0 Å². The quantitative estimate of drug-likeness (QED) is 0.711. The van der Waals surface area contributed by atoms with Crippen LogP contribution in [-0.4, -0.2) is 30.8 Å². The van der Waals surface area contributed by atoms with Gasteiger partial charge in [0.25, 0.3) is 0 Å². The van der Waals surface area contributed by atoms with Crippen molar-refractivity contribution >= 4 is 17.2 Å². The van der Waals surface area contributed by atoms with E-state index >= 15 is 0 Å². The van der Waals surface area contributed by atoms with Crippen molar-refractivity contribution in [1.29, 1.82) is 0 Å². The van der Waals surface area contributed by atoms with Crippen molar-refractivity contribution < 1.29 is 4.79 Å². The summed E-state index contributed by atoms with van der Waals surface area (Å²) < 4.78 is 0. The van der Waals surface area contributed by atoms with Crippen LogP contribution in [0.15, 0.2) is 83.9 Å². The Labute approximate surface area is 165 Å². The first-order valence-electron chi connectivity index (χ1n) is 9.45. The molecule has 4 nitrogen and oxygen atoms in total. The maximum atomic E-state index is 12.9. The minimum absolute atomic E-state index is 0.0742. The fourth-order valence-corrected chi connectivity index (χ4v) is 3.53. The summed E-state index contributed by atoms with van der Waals surface area (Å²) in [4.78, 5) is 19.7. The molecule has 140 valence electrons. The van der Waals surface area contributed by atoms with Gasteiger partial charge in [-0.05, 0) is 13.0 Å². The van der Waals surface area contributed by atoms with Crippen LogP contribution in [0.25, 0.3) is 0 Å². The van der Waals surface area contributed by atoms with E-state index in [0.717, 1.165) is 28.1 Å². The molecule has 0 spiro atoms. The predicted octanol–water partition coefficient (Wildman–Crippen LogP) is 3.82. The van der Waals surface area contributed by atoms with Gasteiger partial charge in [-0.3, -0.25) is 9.79 Å². The normalized spacial score (nSPS) is 16.1. The number of ketones is 1. The number of aryl methyl sites for hydroxylation is 1. The third-order valence-electron chi connectivity index (χ3n) is 4.96. The molecule has 1 aliphatic heterocycles. The molecule has 4 heteroatoms. The largest absolute Gasteiger partial charge is 0.360 e. The molecule has 0 amide bonds. The predicted molar refractivity (Wildman–Crippen MR) is 114 cm³/mol. The number of nitrogens with two attached hydrogens (primary N) is 1. The zero-order valence-electron chi connectivity index (χ0n) is 15.9. The molecular weight excluding hydrogens is 346 g/mol. The SMILES string of the molecule is Cc1ccc(C(=O)CN2CC(N)N=C(c3ccccc3)c3ccccc32)cc1. The van der Waals surface area contributed by atoms with Crippen molar-refractivity contribution in [3.05, 3.63) is 101 Å². The number of fused-ring (bicyclic) bond motifs is 1. The van der Waals surface area contributed by atoms with E-state index in [2.05, 4.69) is 0 Å². The summed E-state index contributed by atoms with van der Waals surface area (Å²) in [5.41, 5.74) is 12.1. The van der Waals surface area contributed by atoms with Gasteiger partial charge in [0.05, 0.1) is 18.8 Å². The Balaban J connectivity index is 1.69. The molecule has 1 aliphatic rings. The van der Waals surface area contributed by atoms with Gasteiger partial charge in [0.1, 0.15) is 6.17 Å². The highest BCUT2D eigenvalue weighted by atomic mass is 16.1. The van der Waals surface area contributed by atoms with Gasteiger partial charge in [0.15, 0.2) is 5.78 Å². The Morgan fingerprint density at radius 1 is 1.00 bits per heavy atom. The van der Waals surface area contributed by atoms with Crippen LogP contribution >= 0.6 is 0 Å². The Hall–Kier alpha value is -3.24. The molecular formula is C24H23N3O. The van der Waals surface area contributed by atoms with E-state index in [-0.39, 0.29) is 12.3 Å². The Morgan fingerprint density at radius 2 is 1.68 bits per heavy atom. The summed E-state index contributed by atoms with van der Waals surface area (Å²) in [6.45, 7) is 2.77. The molecule has 1 atom stereocenters.